The molecular formula is C17H28N2O. The molecule has 2 atom stereocenters. The first-order valence-corrected chi connectivity index (χ1v) is 7.63. The van der Waals surface area contributed by atoms with Crippen LogP contribution in [0.4, 0.5) is 0 Å². The predicted molar refractivity (Wildman–Crippen MR) is 83.7 cm³/mol. The summed E-state index contributed by atoms with van der Waals surface area (Å²) < 4.78 is 6.05. The molecule has 0 aromatic heterocycles. The van der Waals surface area contributed by atoms with Gasteiger partial charge in [-0.3, -0.25) is 11.3 Å². The molecule has 0 bridgehead atoms. The second-order valence-electron chi connectivity index (χ2n) is 6.42. The topological polar surface area (TPSA) is 47.3 Å². The maximum Gasteiger partial charge on any atom is 0.0823 e. The lowest BCUT2D eigenvalue weighted by atomic mass is 9.83. The Balaban J connectivity index is 2.22. The van der Waals surface area contributed by atoms with Gasteiger partial charge in [0.2, 0.25) is 0 Å². The first-order chi connectivity index (χ1) is 9.46. The van der Waals surface area contributed by atoms with Crippen LogP contribution in [0.1, 0.15) is 48.4 Å². The standard InChI is InChI=1S/C17H28N2O/c1-12-9-13(2)15(14(3)10-12)11-16(19-18)17(4)7-5-6-8-20-17/h9-10,16,19H,5-8,11,18H2,1-4H3. The van der Waals surface area contributed by atoms with Gasteiger partial charge in [0.1, 0.15) is 0 Å². The molecule has 3 heteroatoms. The summed E-state index contributed by atoms with van der Waals surface area (Å²) in [5, 5.41) is 0. The van der Waals surface area contributed by atoms with E-state index >= 15 is 0 Å². The number of nitrogens with one attached hydrogen (secondary N) is 1. The van der Waals surface area contributed by atoms with Crippen LogP contribution in [0, 0.1) is 20.8 Å². The molecule has 112 valence electrons. The second kappa shape index (κ2) is 6.25. The Labute approximate surface area is 122 Å². The molecule has 0 saturated carbocycles. The molecule has 2 rings (SSSR count). The molecule has 1 fully saturated rings. The summed E-state index contributed by atoms with van der Waals surface area (Å²) in [6, 6.07) is 4.66. The summed E-state index contributed by atoms with van der Waals surface area (Å²) in [7, 11) is 0. The molecular weight excluding hydrogens is 248 g/mol. The molecule has 0 spiro atoms. The van der Waals surface area contributed by atoms with Crippen LogP contribution in [-0.4, -0.2) is 18.2 Å². The van der Waals surface area contributed by atoms with Crippen molar-refractivity contribution >= 4 is 0 Å². The number of nitrogens with two attached hydrogens (primary N) is 1. The minimum Gasteiger partial charge on any atom is -0.374 e. The van der Waals surface area contributed by atoms with Crippen molar-refractivity contribution in [1.82, 2.24) is 5.43 Å². The Morgan fingerprint density at radius 3 is 2.40 bits per heavy atom. The van der Waals surface area contributed by atoms with Gasteiger partial charge in [0.05, 0.1) is 11.6 Å². The third-order valence-electron chi connectivity index (χ3n) is 4.69. The van der Waals surface area contributed by atoms with Crippen LogP contribution >= 0.6 is 0 Å². The van der Waals surface area contributed by atoms with Crippen molar-refractivity contribution in [2.75, 3.05) is 6.61 Å². The Morgan fingerprint density at radius 1 is 1.25 bits per heavy atom. The number of hydrogen-bond acceptors (Lipinski definition) is 3. The Morgan fingerprint density at radius 2 is 1.90 bits per heavy atom. The quantitative estimate of drug-likeness (QED) is 0.656. The summed E-state index contributed by atoms with van der Waals surface area (Å²) in [6.07, 6.45) is 4.38. The molecule has 1 aromatic carbocycles. The fourth-order valence-electron chi connectivity index (χ4n) is 3.42. The van der Waals surface area contributed by atoms with Gasteiger partial charge in [-0.2, -0.15) is 0 Å². The summed E-state index contributed by atoms with van der Waals surface area (Å²) in [5.74, 6) is 5.84. The van der Waals surface area contributed by atoms with Crippen molar-refractivity contribution in [3.05, 3.63) is 34.4 Å². The normalized spacial score (nSPS) is 24.6. The molecule has 0 aliphatic carbocycles. The van der Waals surface area contributed by atoms with Crippen LogP contribution in [0.5, 0.6) is 0 Å². The van der Waals surface area contributed by atoms with E-state index < -0.39 is 0 Å². The molecule has 1 saturated heterocycles. The molecule has 1 aromatic rings. The average Bonchev–Trinajstić information content (AvgIpc) is 2.38. The van der Waals surface area contributed by atoms with Crippen LogP contribution in [0.3, 0.4) is 0 Å². The number of ether oxygens (including phenoxy) is 1. The van der Waals surface area contributed by atoms with Crippen LogP contribution in [0.2, 0.25) is 0 Å². The number of hydrogen-bond donors (Lipinski definition) is 2. The number of benzene rings is 1. The van der Waals surface area contributed by atoms with E-state index in [1.807, 2.05) is 0 Å². The largest absolute Gasteiger partial charge is 0.374 e. The van der Waals surface area contributed by atoms with E-state index in [2.05, 4.69) is 45.3 Å². The van der Waals surface area contributed by atoms with Crippen molar-refractivity contribution in [2.24, 2.45) is 5.84 Å². The van der Waals surface area contributed by atoms with Crippen LogP contribution < -0.4 is 11.3 Å². The molecule has 0 radical (unpaired) electrons. The average molecular weight is 276 g/mol. The third-order valence-corrected chi connectivity index (χ3v) is 4.69. The SMILES string of the molecule is Cc1cc(C)c(CC(NN)C2(C)CCCCO2)c(C)c1. The van der Waals surface area contributed by atoms with Crippen molar-refractivity contribution < 1.29 is 4.74 Å². The van der Waals surface area contributed by atoms with E-state index in [-0.39, 0.29) is 11.6 Å². The first-order valence-electron chi connectivity index (χ1n) is 7.63. The monoisotopic (exact) mass is 276 g/mol. The lowest BCUT2D eigenvalue weighted by Crippen LogP contribution is -2.55. The van der Waals surface area contributed by atoms with Gasteiger partial charge < -0.3 is 4.74 Å². The maximum absolute atomic E-state index is 6.05. The van der Waals surface area contributed by atoms with Crippen LogP contribution in [0.15, 0.2) is 12.1 Å². The van der Waals surface area contributed by atoms with E-state index in [0.29, 0.717) is 0 Å². The molecule has 20 heavy (non-hydrogen) atoms. The first kappa shape index (κ1) is 15.5. The Hall–Kier alpha value is -0.900. The van der Waals surface area contributed by atoms with Gasteiger partial charge in [-0.25, -0.2) is 0 Å². The fourth-order valence-corrected chi connectivity index (χ4v) is 3.42. The van der Waals surface area contributed by atoms with Crippen molar-refractivity contribution in [2.45, 2.75) is 65.0 Å². The van der Waals surface area contributed by atoms with E-state index in [4.69, 9.17) is 10.6 Å². The summed E-state index contributed by atoms with van der Waals surface area (Å²) in [5.41, 5.74) is 8.26. The van der Waals surface area contributed by atoms with Gasteiger partial charge in [-0.05, 0) is 70.1 Å². The zero-order valence-corrected chi connectivity index (χ0v) is 13.3. The van der Waals surface area contributed by atoms with Gasteiger partial charge >= 0.3 is 0 Å². The predicted octanol–water partition coefficient (Wildman–Crippen LogP) is 2.95. The van der Waals surface area contributed by atoms with E-state index in [1.54, 1.807) is 0 Å². The number of hydrazine groups is 1. The van der Waals surface area contributed by atoms with Gasteiger partial charge in [0.25, 0.3) is 0 Å². The highest BCUT2D eigenvalue weighted by Crippen LogP contribution is 2.30. The van der Waals surface area contributed by atoms with E-state index in [0.717, 1.165) is 25.9 Å². The fraction of sp³-hybridized carbons (Fsp3) is 0.647. The molecule has 1 aliphatic heterocycles. The lowest BCUT2D eigenvalue weighted by molar-refractivity contribution is -0.0885. The second-order valence-corrected chi connectivity index (χ2v) is 6.42. The molecule has 0 amide bonds. The zero-order chi connectivity index (χ0) is 14.8. The Bertz CT molecular complexity index is 441. The zero-order valence-electron chi connectivity index (χ0n) is 13.3. The van der Waals surface area contributed by atoms with Crippen LogP contribution in [-0.2, 0) is 11.2 Å². The van der Waals surface area contributed by atoms with Crippen molar-refractivity contribution in [3.63, 3.8) is 0 Å². The van der Waals surface area contributed by atoms with Crippen molar-refractivity contribution in [3.8, 4) is 0 Å². The smallest absolute Gasteiger partial charge is 0.0823 e. The number of rotatable bonds is 4. The molecule has 1 aliphatic rings. The van der Waals surface area contributed by atoms with E-state index in [9.17, 15) is 0 Å². The lowest BCUT2D eigenvalue weighted by Gasteiger charge is -2.40. The van der Waals surface area contributed by atoms with Crippen LogP contribution in [0.25, 0.3) is 0 Å². The van der Waals surface area contributed by atoms with Gasteiger partial charge in [-0.15, -0.1) is 0 Å². The minimum absolute atomic E-state index is 0.155. The summed E-state index contributed by atoms with van der Waals surface area (Å²) in [6.45, 7) is 9.56. The molecule has 3 N–H and O–H groups in total. The Kier molecular flexibility index (Phi) is 4.84. The highest BCUT2D eigenvalue weighted by molar-refractivity contribution is 5.38. The maximum atomic E-state index is 6.05. The minimum atomic E-state index is -0.156. The number of aryl methyl sites for hydroxylation is 3. The molecule has 2 unspecified atom stereocenters. The van der Waals surface area contributed by atoms with Gasteiger partial charge in [0, 0.05) is 6.61 Å². The van der Waals surface area contributed by atoms with Gasteiger partial charge in [-0.1, -0.05) is 17.7 Å². The van der Waals surface area contributed by atoms with Gasteiger partial charge in [0.15, 0.2) is 0 Å². The van der Waals surface area contributed by atoms with Crippen molar-refractivity contribution in [1.29, 1.82) is 0 Å². The highest BCUT2D eigenvalue weighted by Gasteiger charge is 2.36. The molecule has 3 nitrogen and oxygen atoms in total. The van der Waals surface area contributed by atoms with E-state index in [1.165, 1.54) is 28.7 Å². The third kappa shape index (κ3) is 3.22. The highest BCUT2D eigenvalue weighted by atomic mass is 16.5. The molecule has 1 heterocycles. The summed E-state index contributed by atoms with van der Waals surface area (Å²) >= 11 is 0. The summed E-state index contributed by atoms with van der Waals surface area (Å²) in [4.78, 5) is 0.